The molecule has 0 atom stereocenters. The Bertz CT molecular complexity index is 220. The Balaban J connectivity index is 2.64. The minimum atomic E-state index is -0.336. The fourth-order valence-corrected chi connectivity index (χ4v) is 0.916. The maximum atomic E-state index is 10.7. The van der Waals surface area contributed by atoms with Gasteiger partial charge in [-0.2, -0.15) is 4.99 Å². The Morgan fingerprint density at radius 3 is 2.82 bits per heavy atom. The molecule has 0 aromatic heterocycles. The Morgan fingerprint density at radius 2 is 2.27 bits per heavy atom. The second kappa shape index (κ2) is 3.27. The van der Waals surface area contributed by atoms with Crippen LogP contribution in [0.15, 0.2) is 4.99 Å². The molecule has 0 radical (unpaired) electrons. The molecule has 1 rings (SSSR count). The molecule has 0 unspecified atom stereocenters. The van der Waals surface area contributed by atoms with Gasteiger partial charge >= 0.3 is 0 Å². The van der Waals surface area contributed by atoms with Crippen molar-refractivity contribution in [3.05, 3.63) is 0 Å². The summed E-state index contributed by atoms with van der Waals surface area (Å²) in [5.74, 6) is -0.0700. The van der Waals surface area contributed by atoms with Crippen LogP contribution in [0, 0.1) is 0 Å². The Labute approximate surface area is 64.7 Å². The van der Waals surface area contributed by atoms with Crippen molar-refractivity contribution in [3.63, 3.8) is 0 Å². The van der Waals surface area contributed by atoms with Crippen molar-refractivity contribution >= 4 is 17.6 Å². The molecule has 4 heteroatoms. The van der Waals surface area contributed by atoms with Crippen molar-refractivity contribution in [2.75, 3.05) is 0 Å². The predicted octanol–water partition coefficient (Wildman–Crippen LogP) is 0.231. The van der Waals surface area contributed by atoms with E-state index in [1.807, 2.05) is 6.92 Å². The summed E-state index contributed by atoms with van der Waals surface area (Å²) in [6, 6.07) is 0. The molecule has 0 fully saturated rings. The van der Waals surface area contributed by atoms with Gasteiger partial charge in [0.15, 0.2) is 0 Å². The summed E-state index contributed by atoms with van der Waals surface area (Å²) < 4.78 is 0. The molecule has 11 heavy (non-hydrogen) atoms. The lowest BCUT2D eigenvalue weighted by Gasteiger charge is -2.10. The number of amidine groups is 1. The van der Waals surface area contributed by atoms with Crippen LogP contribution in [0.25, 0.3) is 0 Å². The zero-order valence-electron chi connectivity index (χ0n) is 6.39. The number of amides is 2. The number of aliphatic imine (C=N–C) groups is 1. The lowest BCUT2D eigenvalue weighted by Crippen LogP contribution is -2.36. The van der Waals surface area contributed by atoms with Crippen molar-refractivity contribution in [1.29, 1.82) is 0 Å². The summed E-state index contributed by atoms with van der Waals surface area (Å²) in [7, 11) is 0. The van der Waals surface area contributed by atoms with Crippen LogP contribution in [-0.2, 0) is 9.59 Å². The fraction of sp³-hybridized carbons (Fsp3) is 0.571. The first kappa shape index (κ1) is 7.91. The smallest absolute Gasteiger partial charge is 0.256 e. The Morgan fingerprint density at radius 1 is 1.55 bits per heavy atom. The predicted molar refractivity (Wildman–Crippen MR) is 40.1 cm³/mol. The second-order valence-corrected chi connectivity index (χ2v) is 2.43. The largest absolute Gasteiger partial charge is 0.314 e. The van der Waals surface area contributed by atoms with Gasteiger partial charge in [0, 0.05) is 6.42 Å². The molecule has 0 aliphatic carbocycles. The minimum absolute atomic E-state index is 0.104. The van der Waals surface area contributed by atoms with Crippen LogP contribution in [-0.4, -0.2) is 17.6 Å². The minimum Gasteiger partial charge on any atom is -0.314 e. The SMILES string of the molecule is CCCC1=NC(=O)CC(=O)N1. The van der Waals surface area contributed by atoms with E-state index in [9.17, 15) is 9.59 Å². The third-order valence-corrected chi connectivity index (χ3v) is 1.34. The van der Waals surface area contributed by atoms with Crippen molar-refractivity contribution in [2.45, 2.75) is 26.2 Å². The number of nitrogens with one attached hydrogen (secondary N) is 1. The molecule has 1 aliphatic rings. The monoisotopic (exact) mass is 154 g/mol. The molecule has 0 saturated carbocycles. The highest BCUT2D eigenvalue weighted by Gasteiger charge is 2.16. The van der Waals surface area contributed by atoms with Crippen molar-refractivity contribution in [1.82, 2.24) is 5.32 Å². The van der Waals surface area contributed by atoms with Gasteiger partial charge in [-0.1, -0.05) is 6.92 Å². The zero-order chi connectivity index (χ0) is 8.27. The van der Waals surface area contributed by atoms with Crippen LogP contribution < -0.4 is 5.32 Å². The second-order valence-electron chi connectivity index (χ2n) is 2.43. The molecule has 0 saturated heterocycles. The molecular weight excluding hydrogens is 144 g/mol. The molecular formula is C7H10N2O2. The summed E-state index contributed by atoms with van der Waals surface area (Å²) in [5, 5.41) is 2.54. The van der Waals surface area contributed by atoms with E-state index >= 15 is 0 Å². The van der Waals surface area contributed by atoms with E-state index in [0.29, 0.717) is 12.3 Å². The summed E-state index contributed by atoms with van der Waals surface area (Å²) in [5.41, 5.74) is 0. The number of rotatable bonds is 2. The van der Waals surface area contributed by atoms with Crippen LogP contribution in [0.2, 0.25) is 0 Å². The van der Waals surface area contributed by atoms with Gasteiger partial charge in [-0.05, 0) is 6.42 Å². The van der Waals surface area contributed by atoms with Gasteiger partial charge in [0.25, 0.3) is 5.91 Å². The number of carbonyl (C=O) groups is 2. The van der Waals surface area contributed by atoms with Gasteiger partial charge in [-0.3, -0.25) is 9.59 Å². The maximum Gasteiger partial charge on any atom is 0.256 e. The molecule has 0 spiro atoms. The Hall–Kier alpha value is -1.19. The van der Waals surface area contributed by atoms with Crippen molar-refractivity contribution in [2.24, 2.45) is 4.99 Å². The zero-order valence-corrected chi connectivity index (χ0v) is 6.39. The third-order valence-electron chi connectivity index (χ3n) is 1.34. The summed E-state index contributed by atoms with van der Waals surface area (Å²) in [4.78, 5) is 25.1. The quantitative estimate of drug-likeness (QED) is 0.579. The van der Waals surface area contributed by atoms with E-state index in [2.05, 4.69) is 10.3 Å². The molecule has 4 nitrogen and oxygen atoms in total. The lowest BCUT2D eigenvalue weighted by molar-refractivity contribution is -0.127. The van der Waals surface area contributed by atoms with Gasteiger partial charge in [0.1, 0.15) is 12.3 Å². The highest BCUT2D eigenvalue weighted by atomic mass is 16.2. The molecule has 0 bridgehead atoms. The van der Waals surface area contributed by atoms with E-state index in [1.54, 1.807) is 0 Å². The van der Waals surface area contributed by atoms with Crippen molar-refractivity contribution < 1.29 is 9.59 Å². The number of hydrogen-bond donors (Lipinski definition) is 1. The third kappa shape index (κ3) is 2.14. The van der Waals surface area contributed by atoms with Crippen LogP contribution in [0.4, 0.5) is 0 Å². The highest BCUT2D eigenvalue weighted by molar-refractivity contribution is 6.13. The van der Waals surface area contributed by atoms with Crippen LogP contribution in [0.1, 0.15) is 26.2 Å². The first-order chi connectivity index (χ1) is 5.22. The first-order valence-corrected chi connectivity index (χ1v) is 3.62. The van der Waals surface area contributed by atoms with E-state index in [4.69, 9.17) is 0 Å². The van der Waals surface area contributed by atoms with E-state index < -0.39 is 0 Å². The van der Waals surface area contributed by atoms with E-state index in [0.717, 1.165) is 6.42 Å². The van der Waals surface area contributed by atoms with Gasteiger partial charge in [0.2, 0.25) is 5.91 Å². The summed E-state index contributed by atoms with van der Waals surface area (Å²) in [6.45, 7) is 1.97. The van der Waals surface area contributed by atoms with Gasteiger partial charge in [-0.25, -0.2) is 0 Å². The van der Waals surface area contributed by atoms with Gasteiger partial charge in [-0.15, -0.1) is 0 Å². The number of hydrogen-bond acceptors (Lipinski definition) is 2. The van der Waals surface area contributed by atoms with Crippen LogP contribution >= 0.6 is 0 Å². The average molecular weight is 154 g/mol. The van der Waals surface area contributed by atoms with Crippen LogP contribution in [0.5, 0.6) is 0 Å². The van der Waals surface area contributed by atoms with Gasteiger partial charge < -0.3 is 5.32 Å². The lowest BCUT2D eigenvalue weighted by atomic mass is 10.2. The molecule has 1 aliphatic heterocycles. The molecule has 2 amide bonds. The average Bonchev–Trinajstić information content (AvgIpc) is 1.85. The summed E-state index contributed by atoms with van der Waals surface area (Å²) >= 11 is 0. The molecule has 1 N–H and O–H groups in total. The molecule has 60 valence electrons. The highest BCUT2D eigenvalue weighted by Crippen LogP contribution is 1.98. The topological polar surface area (TPSA) is 58.5 Å². The summed E-state index contributed by atoms with van der Waals surface area (Å²) in [6.07, 6.45) is 1.44. The van der Waals surface area contributed by atoms with E-state index in [1.165, 1.54) is 0 Å². The maximum absolute atomic E-state index is 10.7. The first-order valence-electron chi connectivity index (χ1n) is 3.62. The molecule has 0 aromatic rings. The molecule has 1 heterocycles. The van der Waals surface area contributed by atoms with Crippen molar-refractivity contribution in [3.8, 4) is 0 Å². The molecule has 0 aromatic carbocycles. The fourth-order valence-electron chi connectivity index (χ4n) is 0.916. The van der Waals surface area contributed by atoms with Gasteiger partial charge in [0.05, 0.1) is 0 Å². The van der Waals surface area contributed by atoms with Crippen LogP contribution in [0.3, 0.4) is 0 Å². The normalized spacial score (nSPS) is 17.7. The number of nitrogens with zero attached hydrogens (tertiary/aromatic N) is 1. The van der Waals surface area contributed by atoms with E-state index in [-0.39, 0.29) is 18.2 Å². The standard InChI is InChI=1S/C7H10N2O2/c1-2-3-5-8-6(10)4-7(11)9-5/h2-4H2,1H3,(H,8,9,10,11). The number of carbonyl (C=O) groups excluding carboxylic acids is 2. The Kier molecular flexibility index (Phi) is 2.36.